The van der Waals surface area contributed by atoms with Crippen LogP contribution in [-0.2, 0) is 4.79 Å². The first kappa shape index (κ1) is 13.0. The van der Waals surface area contributed by atoms with Crippen LogP contribution in [-0.4, -0.2) is 43.0 Å². The van der Waals surface area contributed by atoms with Gasteiger partial charge in [0.2, 0.25) is 5.91 Å². The van der Waals surface area contributed by atoms with Crippen LogP contribution in [0.3, 0.4) is 0 Å². The zero-order valence-corrected chi connectivity index (χ0v) is 10.6. The van der Waals surface area contributed by atoms with Crippen LogP contribution in [0, 0.1) is 5.82 Å². The predicted molar refractivity (Wildman–Crippen MR) is 68.8 cm³/mol. The maximum Gasteiger partial charge on any atom is 0.245 e. The fourth-order valence-electron chi connectivity index (χ4n) is 2.29. The summed E-state index contributed by atoms with van der Waals surface area (Å²) < 4.78 is 13.2. The third kappa shape index (κ3) is 2.23. The van der Waals surface area contributed by atoms with Crippen LogP contribution in [0.2, 0.25) is 0 Å². The topological polar surface area (TPSA) is 49.6 Å². The summed E-state index contributed by atoms with van der Waals surface area (Å²) in [5.74, 6) is -0.403. The number of halogens is 1. The molecule has 4 nitrogen and oxygen atoms in total. The van der Waals surface area contributed by atoms with Crippen molar-refractivity contribution in [3.05, 3.63) is 30.1 Å². The Morgan fingerprint density at radius 2 is 2.22 bits per heavy atom. The van der Waals surface area contributed by atoms with Gasteiger partial charge in [0.05, 0.1) is 0 Å². The SMILES string of the molecule is CC1CN(c2cccc(F)c2)C(=O)C(CN)N1C. The number of benzene rings is 1. The Bertz CT molecular complexity index is 452. The Balaban J connectivity index is 2.31. The molecule has 1 heterocycles. The smallest absolute Gasteiger partial charge is 0.245 e. The van der Waals surface area contributed by atoms with E-state index < -0.39 is 0 Å². The zero-order chi connectivity index (χ0) is 13.3. The number of rotatable bonds is 2. The van der Waals surface area contributed by atoms with Gasteiger partial charge in [0.1, 0.15) is 11.9 Å². The molecule has 1 aromatic carbocycles. The number of nitrogens with two attached hydrogens (primary N) is 1. The molecule has 0 spiro atoms. The molecule has 2 N–H and O–H groups in total. The van der Waals surface area contributed by atoms with E-state index in [2.05, 4.69) is 0 Å². The van der Waals surface area contributed by atoms with Crippen LogP contribution in [0.25, 0.3) is 0 Å². The van der Waals surface area contributed by atoms with Crippen LogP contribution in [0.5, 0.6) is 0 Å². The number of hydrogen-bond acceptors (Lipinski definition) is 3. The van der Waals surface area contributed by atoms with Crippen molar-refractivity contribution in [3.8, 4) is 0 Å². The normalized spacial score (nSPS) is 25.6. The lowest BCUT2D eigenvalue weighted by Crippen LogP contribution is -2.62. The van der Waals surface area contributed by atoms with Crippen molar-refractivity contribution in [1.82, 2.24) is 4.90 Å². The van der Waals surface area contributed by atoms with E-state index >= 15 is 0 Å². The van der Waals surface area contributed by atoms with Gasteiger partial charge in [-0.1, -0.05) is 6.07 Å². The molecule has 18 heavy (non-hydrogen) atoms. The Labute approximate surface area is 106 Å². The Morgan fingerprint density at radius 3 is 2.83 bits per heavy atom. The van der Waals surface area contributed by atoms with E-state index in [1.54, 1.807) is 17.0 Å². The Hall–Kier alpha value is -1.46. The molecule has 98 valence electrons. The molecule has 0 aliphatic carbocycles. The molecule has 0 saturated carbocycles. The van der Waals surface area contributed by atoms with Gasteiger partial charge in [-0.05, 0) is 32.2 Å². The summed E-state index contributed by atoms with van der Waals surface area (Å²) in [5, 5.41) is 0. The van der Waals surface area contributed by atoms with Crippen molar-refractivity contribution in [2.75, 3.05) is 25.0 Å². The van der Waals surface area contributed by atoms with Gasteiger partial charge < -0.3 is 10.6 Å². The van der Waals surface area contributed by atoms with Gasteiger partial charge in [-0.3, -0.25) is 9.69 Å². The number of hydrogen-bond donors (Lipinski definition) is 1. The molecule has 0 radical (unpaired) electrons. The average molecular weight is 251 g/mol. The monoisotopic (exact) mass is 251 g/mol. The van der Waals surface area contributed by atoms with Crippen molar-refractivity contribution in [2.24, 2.45) is 5.73 Å². The maximum absolute atomic E-state index is 13.2. The lowest BCUT2D eigenvalue weighted by Gasteiger charge is -2.42. The minimum Gasteiger partial charge on any atom is -0.328 e. The second-order valence-electron chi connectivity index (χ2n) is 4.69. The molecule has 2 atom stereocenters. The number of carbonyl (C=O) groups is 1. The van der Waals surface area contributed by atoms with E-state index in [-0.39, 0.29) is 30.4 Å². The third-order valence-electron chi connectivity index (χ3n) is 3.53. The first-order valence-corrected chi connectivity index (χ1v) is 6.03. The van der Waals surface area contributed by atoms with Crippen LogP contribution < -0.4 is 10.6 Å². The van der Waals surface area contributed by atoms with Crippen LogP contribution >= 0.6 is 0 Å². The largest absolute Gasteiger partial charge is 0.328 e. The summed E-state index contributed by atoms with van der Waals surface area (Å²) in [5.41, 5.74) is 6.25. The molecule has 1 aliphatic heterocycles. The quantitative estimate of drug-likeness (QED) is 0.846. The molecule has 1 fully saturated rings. The zero-order valence-electron chi connectivity index (χ0n) is 10.6. The second kappa shape index (κ2) is 5.04. The Kier molecular flexibility index (Phi) is 3.63. The second-order valence-corrected chi connectivity index (χ2v) is 4.69. The number of carbonyl (C=O) groups excluding carboxylic acids is 1. The molecule has 1 aliphatic rings. The molecule has 1 amide bonds. The number of nitrogens with zero attached hydrogens (tertiary/aromatic N) is 2. The lowest BCUT2D eigenvalue weighted by molar-refractivity contribution is -0.126. The highest BCUT2D eigenvalue weighted by Gasteiger charge is 2.36. The lowest BCUT2D eigenvalue weighted by atomic mass is 10.1. The molecule has 5 heteroatoms. The van der Waals surface area contributed by atoms with Crippen LogP contribution in [0.1, 0.15) is 6.92 Å². The summed E-state index contributed by atoms with van der Waals surface area (Å²) in [6.45, 7) is 2.85. The van der Waals surface area contributed by atoms with Gasteiger partial charge in [0.15, 0.2) is 0 Å². The van der Waals surface area contributed by atoms with E-state index in [0.29, 0.717) is 12.2 Å². The predicted octanol–water partition coefficient (Wildman–Crippen LogP) is 0.820. The fourth-order valence-corrected chi connectivity index (χ4v) is 2.29. The number of piperazine rings is 1. The molecule has 1 aromatic rings. The molecule has 0 bridgehead atoms. The molecular weight excluding hydrogens is 233 g/mol. The molecule has 2 unspecified atom stereocenters. The molecular formula is C13H18FN3O. The van der Waals surface area contributed by atoms with Crippen molar-refractivity contribution in [2.45, 2.75) is 19.0 Å². The van der Waals surface area contributed by atoms with E-state index in [1.165, 1.54) is 12.1 Å². The molecule has 2 rings (SSSR count). The highest BCUT2D eigenvalue weighted by molar-refractivity contribution is 5.98. The Morgan fingerprint density at radius 1 is 1.50 bits per heavy atom. The van der Waals surface area contributed by atoms with Gasteiger partial charge in [0.25, 0.3) is 0 Å². The van der Waals surface area contributed by atoms with E-state index in [9.17, 15) is 9.18 Å². The standard InChI is InChI=1S/C13H18FN3O/c1-9-8-17(11-5-3-4-10(14)6-11)13(18)12(7-15)16(9)2/h3-6,9,12H,7-8,15H2,1-2H3. The first-order chi connectivity index (χ1) is 8.54. The first-order valence-electron chi connectivity index (χ1n) is 6.03. The summed E-state index contributed by atoms with van der Waals surface area (Å²) in [4.78, 5) is 15.9. The van der Waals surface area contributed by atoms with Crippen molar-refractivity contribution in [1.29, 1.82) is 0 Å². The van der Waals surface area contributed by atoms with Gasteiger partial charge in [-0.2, -0.15) is 0 Å². The highest BCUT2D eigenvalue weighted by Crippen LogP contribution is 2.22. The van der Waals surface area contributed by atoms with Crippen LogP contribution in [0.15, 0.2) is 24.3 Å². The van der Waals surface area contributed by atoms with Crippen molar-refractivity contribution < 1.29 is 9.18 Å². The summed E-state index contributed by atoms with van der Waals surface area (Å²) in [6, 6.07) is 5.96. The molecule has 1 saturated heterocycles. The minimum atomic E-state index is -0.337. The van der Waals surface area contributed by atoms with E-state index in [0.717, 1.165) is 0 Å². The summed E-state index contributed by atoms with van der Waals surface area (Å²) in [6.07, 6.45) is 0. The van der Waals surface area contributed by atoms with E-state index in [4.69, 9.17) is 5.73 Å². The van der Waals surface area contributed by atoms with Crippen molar-refractivity contribution in [3.63, 3.8) is 0 Å². The third-order valence-corrected chi connectivity index (χ3v) is 3.53. The van der Waals surface area contributed by atoms with Gasteiger partial charge in [0, 0.05) is 24.8 Å². The van der Waals surface area contributed by atoms with Crippen molar-refractivity contribution >= 4 is 11.6 Å². The van der Waals surface area contributed by atoms with Gasteiger partial charge in [-0.25, -0.2) is 4.39 Å². The highest BCUT2D eigenvalue weighted by atomic mass is 19.1. The van der Waals surface area contributed by atoms with Gasteiger partial charge in [-0.15, -0.1) is 0 Å². The maximum atomic E-state index is 13.2. The summed E-state index contributed by atoms with van der Waals surface area (Å²) >= 11 is 0. The minimum absolute atomic E-state index is 0.0660. The van der Waals surface area contributed by atoms with Crippen LogP contribution in [0.4, 0.5) is 10.1 Å². The molecule has 0 aromatic heterocycles. The number of anilines is 1. The summed E-state index contributed by atoms with van der Waals surface area (Å²) in [7, 11) is 1.89. The van der Waals surface area contributed by atoms with Gasteiger partial charge >= 0.3 is 0 Å². The average Bonchev–Trinajstić information content (AvgIpc) is 2.34. The van der Waals surface area contributed by atoms with E-state index in [1.807, 2.05) is 18.9 Å². The fraction of sp³-hybridized carbons (Fsp3) is 0.462. The number of amides is 1. The number of likely N-dealkylation sites (N-methyl/N-ethyl adjacent to an activating group) is 1.